The number of carbonyl (C=O) groups is 1. The molecule has 1 fully saturated rings. The molecule has 1 aliphatic rings. The fourth-order valence-electron chi connectivity index (χ4n) is 3.37. The van der Waals surface area contributed by atoms with Crippen molar-refractivity contribution in [2.75, 3.05) is 7.11 Å². The maximum atomic E-state index is 13.1. The first-order valence-corrected chi connectivity index (χ1v) is 8.19. The molecule has 0 aliphatic carbocycles. The van der Waals surface area contributed by atoms with Gasteiger partial charge < -0.3 is 9.64 Å². The van der Waals surface area contributed by atoms with E-state index >= 15 is 0 Å². The van der Waals surface area contributed by atoms with Crippen LogP contribution < -0.4 is 0 Å². The lowest BCUT2D eigenvalue weighted by Crippen LogP contribution is -2.46. The summed E-state index contributed by atoms with van der Waals surface area (Å²) in [6, 6.07) is 20.0. The maximum Gasteiger partial charge on any atom is 0.253 e. The van der Waals surface area contributed by atoms with Gasteiger partial charge >= 0.3 is 0 Å². The van der Waals surface area contributed by atoms with Gasteiger partial charge in [-0.2, -0.15) is 0 Å². The van der Waals surface area contributed by atoms with Crippen molar-refractivity contribution in [3.63, 3.8) is 0 Å². The first kappa shape index (κ1) is 16.5. The predicted molar refractivity (Wildman–Crippen MR) is 96.3 cm³/mol. The molecule has 24 heavy (non-hydrogen) atoms. The van der Waals surface area contributed by atoms with Crippen molar-refractivity contribution < 1.29 is 9.53 Å². The molecule has 0 spiro atoms. The summed E-state index contributed by atoms with van der Waals surface area (Å²) in [5, 5.41) is 0. The molecule has 1 heterocycles. The van der Waals surface area contributed by atoms with Gasteiger partial charge in [-0.1, -0.05) is 60.7 Å². The molecule has 124 valence electrons. The number of hydrogen-bond donors (Lipinski definition) is 0. The lowest BCUT2D eigenvalue weighted by Gasteiger charge is -2.34. The highest BCUT2D eigenvalue weighted by Crippen LogP contribution is 2.37. The van der Waals surface area contributed by atoms with Crippen molar-refractivity contribution >= 4 is 12.0 Å². The molecule has 3 heteroatoms. The van der Waals surface area contributed by atoms with Crippen molar-refractivity contribution in [2.45, 2.75) is 32.0 Å². The molecular formula is C21H23NO2. The minimum Gasteiger partial charge on any atom is -0.374 e. The van der Waals surface area contributed by atoms with Crippen molar-refractivity contribution in [1.82, 2.24) is 4.90 Å². The average Bonchev–Trinajstić information content (AvgIpc) is 2.77. The van der Waals surface area contributed by atoms with Crippen molar-refractivity contribution in [3.8, 4) is 0 Å². The van der Waals surface area contributed by atoms with E-state index in [9.17, 15) is 4.79 Å². The van der Waals surface area contributed by atoms with E-state index in [0.717, 1.165) is 11.1 Å². The SMILES string of the molecule is COC1/C(=C/c2ccccc2)C(=O)N(Cc2ccccc2)C1(C)C. The van der Waals surface area contributed by atoms with Gasteiger partial charge in [0.1, 0.15) is 6.10 Å². The smallest absolute Gasteiger partial charge is 0.253 e. The minimum absolute atomic E-state index is 0.0413. The number of methoxy groups -OCH3 is 1. The molecule has 1 amide bonds. The molecule has 0 N–H and O–H groups in total. The number of benzene rings is 2. The Labute approximate surface area is 143 Å². The van der Waals surface area contributed by atoms with Crippen LogP contribution in [0.2, 0.25) is 0 Å². The van der Waals surface area contributed by atoms with Crippen LogP contribution in [0.5, 0.6) is 0 Å². The van der Waals surface area contributed by atoms with E-state index in [-0.39, 0.29) is 12.0 Å². The van der Waals surface area contributed by atoms with Gasteiger partial charge in [-0.15, -0.1) is 0 Å². The van der Waals surface area contributed by atoms with Gasteiger partial charge in [-0.25, -0.2) is 0 Å². The molecule has 3 nitrogen and oxygen atoms in total. The summed E-state index contributed by atoms with van der Waals surface area (Å²) in [6.07, 6.45) is 1.69. The number of amides is 1. The van der Waals surface area contributed by atoms with Crippen molar-refractivity contribution in [1.29, 1.82) is 0 Å². The molecule has 0 bridgehead atoms. The van der Waals surface area contributed by atoms with Crippen molar-refractivity contribution in [3.05, 3.63) is 77.4 Å². The van der Waals surface area contributed by atoms with Gasteiger partial charge in [-0.3, -0.25) is 4.79 Å². The van der Waals surface area contributed by atoms with Crippen LogP contribution >= 0.6 is 0 Å². The average molecular weight is 321 g/mol. The topological polar surface area (TPSA) is 29.5 Å². The van der Waals surface area contributed by atoms with E-state index in [4.69, 9.17) is 4.74 Å². The summed E-state index contributed by atoms with van der Waals surface area (Å²) in [7, 11) is 1.67. The van der Waals surface area contributed by atoms with E-state index in [1.165, 1.54) is 0 Å². The largest absolute Gasteiger partial charge is 0.374 e. The Balaban J connectivity index is 1.97. The first-order chi connectivity index (χ1) is 11.5. The predicted octanol–water partition coefficient (Wildman–Crippen LogP) is 3.91. The van der Waals surface area contributed by atoms with Crippen LogP contribution in [0, 0.1) is 0 Å². The standard InChI is InChI=1S/C21H23NO2/c1-21(2)19(24-3)18(14-16-10-6-4-7-11-16)20(23)22(21)15-17-12-8-5-9-13-17/h4-14,19H,15H2,1-3H3/b18-14-. The van der Waals surface area contributed by atoms with Crippen LogP contribution in [0.15, 0.2) is 66.2 Å². The Morgan fingerprint density at radius 1 is 1.04 bits per heavy atom. The Morgan fingerprint density at radius 2 is 1.62 bits per heavy atom. The highest BCUT2D eigenvalue weighted by molar-refractivity contribution is 6.02. The highest BCUT2D eigenvalue weighted by atomic mass is 16.5. The number of ether oxygens (including phenoxy) is 1. The van der Waals surface area contributed by atoms with Gasteiger partial charge in [0.05, 0.1) is 5.54 Å². The van der Waals surface area contributed by atoms with E-state index in [1.807, 2.05) is 71.6 Å². The van der Waals surface area contributed by atoms with Crippen LogP contribution in [-0.2, 0) is 16.1 Å². The fourth-order valence-corrected chi connectivity index (χ4v) is 3.37. The second-order valence-electron chi connectivity index (χ2n) is 6.66. The lowest BCUT2D eigenvalue weighted by atomic mass is 9.94. The minimum atomic E-state index is -0.401. The molecule has 0 radical (unpaired) electrons. The van der Waals surface area contributed by atoms with Crippen LogP contribution in [0.4, 0.5) is 0 Å². The van der Waals surface area contributed by atoms with E-state index in [0.29, 0.717) is 12.1 Å². The molecule has 1 saturated heterocycles. The Kier molecular flexibility index (Phi) is 4.54. The number of carbonyl (C=O) groups excluding carboxylic acids is 1. The zero-order chi connectivity index (χ0) is 17.2. The molecular weight excluding hydrogens is 298 g/mol. The Morgan fingerprint density at radius 3 is 2.21 bits per heavy atom. The third-order valence-corrected chi connectivity index (χ3v) is 4.65. The van der Waals surface area contributed by atoms with Gasteiger partial charge in [0.2, 0.25) is 0 Å². The number of likely N-dealkylation sites (tertiary alicyclic amines) is 1. The summed E-state index contributed by atoms with van der Waals surface area (Å²) >= 11 is 0. The first-order valence-electron chi connectivity index (χ1n) is 8.19. The Hall–Kier alpha value is -2.39. The van der Waals surface area contributed by atoms with E-state index in [1.54, 1.807) is 7.11 Å². The zero-order valence-electron chi connectivity index (χ0n) is 14.4. The highest BCUT2D eigenvalue weighted by Gasteiger charge is 2.50. The monoisotopic (exact) mass is 321 g/mol. The fraction of sp³-hybridized carbons (Fsp3) is 0.286. The van der Waals surface area contributed by atoms with Crippen LogP contribution in [0.25, 0.3) is 6.08 Å². The number of hydrogen-bond acceptors (Lipinski definition) is 2. The Bertz CT molecular complexity index is 735. The van der Waals surface area contributed by atoms with Crippen LogP contribution in [0.1, 0.15) is 25.0 Å². The van der Waals surface area contributed by atoms with Crippen molar-refractivity contribution in [2.24, 2.45) is 0 Å². The molecule has 1 atom stereocenters. The summed E-state index contributed by atoms with van der Waals surface area (Å²) < 4.78 is 5.72. The molecule has 0 saturated carbocycles. The molecule has 1 unspecified atom stereocenters. The van der Waals surface area contributed by atoms with Gasteiger partial charge in [0.25, 0.3) is 5.91 Å². The molecule has 2 aromatic carbocycles. The summed E-state index contributed by atoms with van der Waals surface area (Å²) in [5.41, 5.74) is 2.45. The van der Waals surface area contributed by atoms with Gasteiger partial charge in [0.15, 0.2) is 0 Å². The number of rotatable bonds is 4. The molecule has 2 aromatic rings. The summed E-state index contributed by atoms with van der Waals surface area (Å²) in [4.78, 5) is 15.0. The quantitative estimate of drug-likeness (QED) is 0.799. The van der Waals surface area contributed by atoms with Gasteiger partial charge in [-0.05, 0) is 31.1 Å². The zero-order valence-corrected chi connectivity index (χ0v) is 14.4. The van der Waals surface area contributed by atoms with Crippen LogP contribution in [-0.4, -0.2) is 29.6 Å². The molecule has 0 aromatic heterocycles. The second kappa shape index (κ2) is 6.62. The van der Waals surface area contributed by atoms with Crippen LogP contribution in [0.3, 0.4) is 0 Å². The third-order valence-electron chi connectivity index (χ3n) is 4.65. The molecule has 3 rings (SSSR count). The second-order valence-corrected chi connectivity index (χ2v) is 6.66. The molecule has 1 aliphatic heterocycles. The summed E-state index contributed by atoms with van der Waals surface area (Å²) in [6.45, 7) is 4.71. The summed E-state index contributed by atoms with van der Waals surface area (Å²) in [5.74, 6) is 0.0413. The number of nitrogens with zero attached hydrogens (tertiary/aromatic N) is 1. The van der Waals surface area contributed by atoms with E-state index in [2.05, 4.69) is 13.8 Å². The van der Waals surface area contributed by atoms with E-state index < -0.39 is 5.54 Å². The normalized spacial score (nSPS) is 21.5. The maximum absolute atomic E-state index is 13.1. The third kappa shape index (κ3) is 3.00. The van der Waals surface area contributed by atoms with Gasteiger partial charge in [0, 0.05) is 19.2 Å². The lowest BCUT2D eigenvalue weighted by molar-refractivity contribution is -0.129.